The van der Waals surface area contributed by atoms with Crippen molar-refractivity contribution in [3.8, 4) is 17.1 Å². The molecular weight excluding hydrogens is 378 g/mol. The van der Waals surface area contributed by atoms with E-state index >= 15 is 0 Å². The summed E-state index contributed by atoms with van der Waals surface area (Å²) >= 11 is 0. The normalized spacial score (nSPS) is 16.5. The van der Waals surface area contributed by atoms with Gasteiger partial charge in [0.2, 0.25) is 17.6 Å². The Morgan fingerprint density at radius 1 is 1.20 bits per heavy atom. The van der Waals surface area contributed by atoms with Gasteiger partial charge in [0.25, 0.3) is 0 Å². The zero-order valence-electron chi connectivity index (χ0n) is 17.7. The van der Waals surface area contributed by atoms with E-state index in [1.807, 2.05) is 36.1 Å². The quantitative estimate of drug-likeness (QED) is 0.545. The molecule has 1 unspecified atom stereocenters. The molecule has 1 aliphatic heterocycles. The van der Waals surface area contributed by atoms with Crippen molar-refractivity contribution in [2.45, 2.75) is 52.1 Å². The van der Waals surface area contributed by atoms with Gasteiger partial charge in [-0.05, 0) is 42.5 Å². The largest absolute Gasteiger partial charge is 0.494 e. The number of ether oxygens (including phenoxy) is 1. The Kier molecular flexibility index (Phi) is 5.84. The van der Waals surface area contributed by atoms with Crippen molar-refractivity contribution >= 4 is 5.91 Å². The highest BCUT2D eigenvalue weighted by Crippen LogP contribution is 2.34. The van der Waals surface area contributed by atoms with Crippen molar-refractivity contribution in [2.24, 2.45) is 0 Å². The van der Waals surface area contributed by atoms with Crippen LogP contribution in [0.5, 0.6) is 5.75 Å². The highest BCUT2D eigenvalue weighted by atomic mass is 16.5. The Morgan fingerprint density at radius 3 is 2.73 bits per heavy atom. The lowest BCUT2D eigenvalue weighted by Crippen LogP contribution is -2.27. The van der Waals surface area contributed by atoms with Gasteiger partial charge in [0, 0.05) is 18.5 Å². The Labute approximate surface area is 176 Å². The molecule has 0 radical (unpaired) electrons. The van der Waals surface area contributed by atoms with Crippen LogP contribution in [-0.2, 0) is 11.3 Å². The molecule has 156 valence electrons. The Balaban J connectivity index is 1.53. The maximum Gasteiger partial charge on any atom is 0.249 e. The van der Waals surface area contributed by atoms with E-state index in [0.29, 0.717) is 43.6 Å². The fraction of sp³-hybridized carbons (Fsp3) is 0.375. The second kappa shape index (κ2) is 8.69. The van der Waals surface area contributed by atoms with E-state index in [4.69, 9.17) is 9.26 Å². The number of likely N-dealkylation sites (tertiary alicyclic amines) is 1. The first-order valence-electron chi connectivity index (χ1n) is 10.5. The van der Waals surface area contributed by atoms with Gasteiger partial charge >= 0.3 is 0 Å². The Bertz CT molecular complexity index is 1010. The van der Waals surface area contributed by atoms with E-state index < -0.39 is 0 Å². The fourth-order valence-corrected chi connectivity index (χ4v) is 3.77. The third-order valence-electron chi connectivity index (χ3n) is 5.46. The summed E-state index contributed by atoms with van der Waals surface area (Å²) in [6, 6.07) is 15.9. The third kappa shape index (κ3) is 4.22. The van der Waals surface area contributed by atoms with E-state index in [0.717, 1.165) is 16.9 Å². The molecule has 2 heterocycles. The summed E-state index contributed by atoms with van der Waals surface area (Å²) in [6.07, 6.45) is 1.18. The minimum atomic E-state index is -0.196. The van der Waals surface area contributed by atoms with Gasteiger partial charge in [0.15, 0.2) is 0 Å². The lowest BCUT2D eigenvalue weighted by molar-refractivity contribution is -0.129. The standard InChI is InChI=1S/C24H27N3O3/c1-4-29-20-7-5-6-19(14-20)23-25-24(30-26-23)21-12-13-22(28)27(21)15-17-8-10-18(11-9-17)16(2)3/h5-11,14,16,21H,4,12-13,15H2,1-3H3. The van der Waals surface area contributed by atoms with E-state index in [1.165, 1.54) is 5.56 Å². The molecule has 0 aliphatic carbocycles. The molecule has 1 amide bonds. The number of aromatic nitrogens is 2. The summed E-state index contributed by atoms with van der Waals surface area (Å²) in [5.74, 6) is 2.36. The molecule has 4 rings (SSSR count). The fourth-order valence-electron chi connectivity index (χ4n) is 3.77. The monoisotopic (exact) mass is 405 g/mol. The van der Waals surface area contributed by atoms with Gasteiger partial charge in [-0.1, -0.05) is 55.4 Å². The van der Waals surface area contributed by atoms with Crippen molar-refractivity contribution in [3.05, 3.63) is 65.5 Å². The molecule has 0 bridgehead atoms. The Morgan fingerprint density at radius 2 is 2.00 bits per heavy atom. The summed E-state index contributed by atoms with van der Waals surface area (Å²) in [7, 11) is 0. The van der Waals surface area contributed by atoms with Crippen molar-refractivity contribution in [1.82, 2.24) is 15.0 Å². The van der Waals surface area contributed by atoms with Crippen LogP contribution in [0.1, 0.15) is 62.6 Å². The zero-order valence-corrected chi connectivity index (χ0v) is 17.7. The van der Waals surface area contributed by atoms with Gasteiger partial charge in [-0.3, -0.25) is 4.79 Å². The molecule has 6 heteroatoms. The maximum atomic E-state index is 12.6. The molecule has 1 aromatic heterocycles. The van der Waals surface area contributed by atoms with Crippen LogP contribution in [0.25, 0.3) is 11.4 Å². The highest BCUT2D eigenvalue weighted by Gasteiger charge is 2.36. The summed E-state index contributed by atoms with van der Waals surface area (Å²) in [6.45, 7) is 7.43. The molecule has 3 aromatic rings. The average Bonchev–Trinajstić information content (AvgIpc) is 3.36. The predicted octanol–water partition coefficient (Wildman–Crippen LogP) is 5.12. The first-order valence-corrected chi connectivity index (χ1v) is 10.5. The van der Waals surface area contributed by atoms with Gasteiger partial charge in [-0.25, -0.2) is 0 Å². The minimum Gasteiger partial charge on any atom is -0.494 e. The maximum absolute atomic E-state index is 12.6. The smallest absolute Gasteiger partial charge is 0.249 e. The van der Waals surface area contributed by atoms with Crippen LogP contribution in [0, 0.1) is 0 Å². The number of benzene rings is 2. The second-order valence-electron chi connectivity index (χ2n) is 7.89. The van der Waals surface area contributed by atoms with E-state index in [1.54, 1.807) is 0 Å². The van der Waals surface area contributed by atoms with Crippen molar-refractivity contribution < 1.29 is 14.1 Å². The molecular formula is C24H27N3O3. The molecule has 0 saturated carbocycles. The first kappa shape index (κ1) is 20.1. The minimum absolute atomic E-state index is 0.117. The van der Waals surface area contributed by atoms with Crippen LogP contribution in [0.3, 0.4) is 0 Å². The van der Waals surface area contributed by atoms with Gasteiger partial charge < -0.3 is 14.2 Å². The summed E-state index contributed by atoms with van der Waals surface area (Å²) in [5.41, 5.74) is 3.22. The molecule has 0 spiro atoms. The molecule has 1 saturated heterocycles. The summed E-state index contributed by atoms with van der Waals surface area (Å²) < 4.78 is 11.1. The van der Waals surface area contributed by atoms with Crippen LogP contribution in [0.4, 0.5) is 0 Å². The third-order valence-corrected chi connectivity index (χ3v) is 5.46. The van der Waals surface area contributed by atoms with Crippen LogP contribution in [0.2, 0.25) is 0 Å². The number of amides is 1. The first-order chi connectivity index (χ1) is 14.5. The molecule has 1 aliphatic rings. The lowest BCUT2D eigenvalue weighted by atomic mass is 10.0. The molecule has 6 nitrogen and oxygen atoms in total. The predicted molar refractivity (Wildman–Crippen MR) is 114 cm³/mol. The number of carbonyl (C=O) groups excluding carboxylic acids is 1. The zero-order chi connectivity index (χ0) is 21.1. The summed E-state index contributed by atoms with van der Waals surface area (Å²) in [4.78, 5) is 19.0. The van der Waals surface area contributed by atoms with Crippen LogP contribution >= 0.6 is 0 Å². The molecule has 0 N–H and O–H groups in total. The second-order valence-corrected chi connectivity index (χ2v) is 7.89. The van der Waals surface area contributed by atoms with E-state index in [2.05, 4.69) is 48.3 Å². The number of nitrogens with zero attached hydrogens (tertiary/aromatic N) is 3. The molecule has 1 atom stereocenters. The number of hydrogen-bond donors (Lipinski definition) is 0. The number of rotatable bonds is 7. The van der Waals surface area contributed by atoms with E-state index in [-0.39, 0.29) is 11.9 Å². The van der Waals surface area contributed by atoms with Gasteiger partial charge in [-0.2, -0.15) is 4.98 Å². The topological polar surface area (TPSA) is 68.5 Å². The molecule has 1 fully saturated rings. The number of carbonyl (C=O) groups is 1. The SMILES string of the molecule is CCOc1cccc(-c2noc(C3CCC(=O)N3Cc3ccc(C(C)C)cc3)n2)c1. The Hall–Kier alpha value is -3.15. The van der Waals surface area contributed by atoms with Gasteiger partial charge in [-0.15, -0.1) is 0 Å². The molecule has 2 aromatic carbocycles. The van der Waals surface area contributed by atoms with Gasteiger partial charge in [0.1, 0.15) is 11.8 Å². The number of hydrogen-bond acceptors (Lipinski definition) is 5. The summed E-state index contributed by atoms with van der Waals surface area (Å²) in [5, 5.41) is 4.15. The van der Waals surface area contributed by atoms with E-state index in [9.17, 15) is 4.79 Å². The van der Waals surface area contributed by atoms with Crippen LogP contribution < -0.4 is 4.74 Å². The van der Waals surface area contributed by atoms with Crippen LogP contribution in [0.15, 0.2) is 53.1 Å². The van der Waals surface area contributed by atoms with Crippen molar-refractivity contribution in [3.63, 3.8) is 0 Å². The lowest BCUT2D eigenvalue weighted by Gasteiger charge is -2.22. The van der Waals surface area contributed by atoms with Gasteiger partial charge in [0.05, 0.1) is 6.61 Å². The average molecular weight is 405 g/mol. The highest BCUT2D eigenvalue weighted by molar-refractivity contribution is 5.78. The van der Waals surface area contributed by atoms with Crippen LogP contribution in [-0.4, -0.2) is 27.6 Å². The molecule has 30 heavy (non-hydrogen) atoms. The van der Waals surface area contributed by atoms with Crippen molar-refractivity contribution in [2.75, 3.05) is 6.61 Å². The van der Waals surface area contributed by atoms with Crippen molar-refractivity contribution in [1.29, 1.82) is 0 Å².